The van der Waals surface area contributed by atoms with Crippen molar-refractivity contribution in [3.63, 3.8) is 0 Å². The molecule has 0 aliphatic carbocycles. The van der Waals surface area contributed by atoms with Crippen LogP contribution in [0.15, 0.2) is 12.3 Å². The van der Waals surface area contributed by atoms with Crippen molar-refractivity contribution in [2.24, 2.45) is 0 Å². The molecular formula is C7H13NS. The van der Waals surface area contributed by atoms with Crippen LogP contribution in [0.3, 0.4) is 0 Å². The van der Waals surface area contributed by atoms with E-state index in [1.54, 1.807) is 0 Å². The zero-order valence-corrected chi connectivity index (χ0v) is 7.03. The lowest BCUT2D eigenvalue weighted by atomic mass is 10.1. The van der Waals surface area contributed by atoms with Crippen LogP contribution < -0.4 is 0 Å². The van der Waals surface area contributed by atoms with Crippen LogP contribution in [0.25, 0.3) is 0 Å². The summed E-state index contributed by atoms with van der Waals surface area (Å²) in [6.07, 6.45) is 4.35. The van der Waals surface area contributed by atoms with Gasteiger partial charge in [-0.1, -0.05) is 6.08 Å². The van der Waals surface area contributed by atoms with Crippen LogP contribution in [0.1, 0.15) is 20.8 Å². The molecule has 0 fully saturated rings. The van der Waals surface area contributed by atoms with Gasteiger partial charge in [0.15, 0.2) is 0 Å². The van der Waals surface area contributed by atoms with E-state index < -0.39 is 0 Å². The lowest BCUT2D eigenvalue weighted by molar-refractivity contribution is 0.353. The molecule has 0 saturated heterocycles. The average Bonchev–Trinajstić information content (AvgIpc) is 2.08. The smallest absolute Gasteiger partial charge is 0.0424 e. The standard InChI is InChI=1S/C7H13NS/c1-7(2,3)8-5-4-6-9-8/h4-5H,6H2,1-3H3. The zero-order valence-electron chi connectivity index (χ0n) is 6.22. The van der Waals surface area contributed by atoms with E-state index in [1.807, 2.05) is 11.9 Å². The second kappa shape index (κ2) is 2.25. The van der Waals surface area contributed by atoms with E-state index in [-0.39, 0.29) is 5.54 Å². The lowest BCUT2D eigenvalue weighted by Gasteiger charge is -2.29. The van der Waals surface area contributed by atoms with Crippen LogP contribution in [0.5, 0.6) is 0 Å². The molecule has 9 heavy (non-hydrogen) atoms. The van der Waals surface area contributed by atoms with Crippen molar-refractivity contribution in [2.75, 3.05) is 5.75 Å². The Morgan fingerprint density at radius 3 is 2.33 bits per heavy atom. The first-order valence-electron chi connectivity index (χ1n) is 3.19. The third kappa shape index (κ3) is 1.65. The normalized spacial score (nSPS) is 19.2. The second-order valence-corrected chi connectivity index (χ2v) is 4.16. The van der Waals surface area contributed by atoms with Gasteiger partial charge in [0, 0.05) is 17.5 Å². The molecule has 0 atom stereocenters. The summed E-state index contributed by atoms with van der Waals surface area (Å²) in [5.74, 6) is 1.14. The fourth-order valence-corrected chi connectivity index (χ4v) is 1.61. The van der Waals surface area contributed by atoms with Gasteiger partial charge < -0.3 is 4.31 Å². The first-order chi connectivity index (χ1) is 4.11. The predicted octanol–water partition coefficient (Wildman–Crippen LogP) is 2.26. The summed E-state index contributed by atoms with van der Waals surface area (Å²) >= 11 is 1.87. The molecule has 2 heteroatoms. The van der Waals surface area contributed by atoms with Gasteiger partial charge in [-0.15, -0.1) is 0 Å². The fraction of sp³-hybridized carbons (Fsp3) is 0.714. The summed E-state index contributed by atoms with van der Waals surface area (Å²) in [6, 6.07) is 0. The molecule has 0 aromatic rings. The van der Waals surface area contributed by atoms with E-state index in [2.05, 4.69) is 37.4 Å². The zero-order chi connectivity index (χ0) is 6.91. The van der Waals surface area contributed by atoms with Gasteiger partial charge in [-0.2, -0.15) is 0 Å². The SMILES string of the molecule is CC(C)(C)N1C=CCS1. The first-order valence-corrected chi connectivity index (χ1v) is 4.14. The van der Waals surface area contributed by atoms with Crippen molar-refractivity contribution in [1.82, 2.24) is 4.31 Å². The summed E-state index contributed by atoms with van der Waals surface area (Å²) < 4.78 is 2.28. The molecular weight excluding hydrogens is 130 g/mol. The molecule has 0 saturated carbocycles. The van der Waals surface area contributed by atoms with E-state index >= 15 is 0 Å². The Labute approximate surface area is 61.3 Å². The number of hydrogen-bond acceptors (Lipinski definition) is 2. The van der Waals surface area contributed by atoms with Gasteiger partial charge in [0.25, 0.3) is 0 Å². The molecule has 1 nitrogen and oxygen atoms in total. The molecule has 1 aliphatic rings. The summed E-state index contributed by atoms with van der Waals surface area (Å²) in [5.41, 5.74) is 0.289. The number of nitrogens with zero attached hydrogens (tertiary/aromatic N) is 1. The molecule has 0 amide bonds. The third-order valence-corrected chi connectivity index (χ3v) is 2.50. The Kier molecular flexibility index (Phi) is 1.75. The largest absolute Gasteiger partial charge is 0.318 e. The van der Waals surface area contributed by atoms with Gasteiger partial charge in [0.1, 0.15) is 0 Å². The van der Waals surface area contributed by atoms with Gasteiger partial charge in [-0.05, 0) is 32.7 Å². The maximum absolute atomic E-state index is 2.28. The van der Waals surface area contributed by atoms with Crippen LogP contribution in [-0.4, -0.2) is 15.6 Å². The molecule has 0 bridgehead atoms. The van der Waals surface area contributed by atoms with Gasteiger partial charge >= 0.3 is 0 Å². The third-order valence-electron chi connectivity index (χ3n) is 1.21. The molecule has 52 valence electrons. The quantitative estimate of drug-likeness (QED) is 0.478. The lowest BCUT2D eigenvalue weighted by Crippen LogP contribution is -2.30. The van der Waals surface area contributed by atoms with Crippen molar-refractivity contribution in [3.8, 4) is 0 Å². The Bertz CT molecular complexity index is 123. The number of rotatable bonds is 0. The molecule has 0 aromatic heterocycles. The van der Waals surface area contributed by atoms with Crippen molar-refractivity contribution in [3.05, 3.63) is 12.3 Å². The molecule has 1 rings (SSSR count). The summed E-state index contributed by atoms with van der Waals surface area (Å²) in [7, 11) is 0. The molecule has 0 radical (unpaired) electrons. The van der Waals surface area contributed by atoms with E-state index in [4.69, 9.17) is 0 Å². The van der Waals surface area contributed by atoms with Crippen molar-refractivity contribution in [1.29, 1.82) is 0 Å². The molecule has 1 heterocycles. The van der Waals surface area contributed by atoms with Gasteiger partial charge in [-0.25, -0.2) is 0 Å². The average molecular weight is 143 g/mol. The Morgan fingerprint density at radius 1 is 1.44 bits per heavy atom. The Balaban J connectivity index is 2.53. The Hall–Kier alpha value is -0.110. The van der Waals surface area contributed by atoms with E-state index in [0.717, 1.165) is 5.75 Å². The summed E-state index contributed by atoms with van der Waals surface area (Å²) in [4.78, 5) is 0. The summed E-state index contributed by atoms with van der Waals surface area (Å²) in [5, 5.41) is 0. The monoisotopic (exact) mass is 143 g/mol. The van der Waals surface area contributed by atoms with E-state index in [9.17, 15) is 0 Å². The minimum Gasteiger partial charge on any atom is -0.318 e. The highest BCUT2D eigenvalue weighted by molar-refractivity contribution is 7.97. The van der Waals surface area contributed by atoms with E-state index in [1.165, 1.54) is 0 Å². The maximum atomic E-state index is 2.28. The van der Waals surface area contributed by atoms with Crippen LogP contribution in [0, 0.1) is 0 Å². The predicted molar refractivity (Wildman–Crippen MR) is 43.2 cm³/mol. The number of hydrogen-bond donors (Lipinski definition) is 0. The molecule has 0 aromatic carbocycles. The fourth-order valence-electron chi connectivity index (χ4n) is 0.722. The molecule has 0 spiro atoms. The van der Waals surface area contributed by atoms with Crippen LogP contribution in [0.4, 0.5) is 0 Å². The minimum absolute atomic E-state index is 0.289. The van der Waals surface area contributed by atoms with Crippen LogP contribution in [0.2, 0.25) is 0 Å². The topological polar surface area (TPSA) is 3.24 Å². The van der Waals surface area contributed by atoms with Gasteiger partial charge in [0.2, 0.25) is 0 Å². The highest BCUT2D eigenvalue weighted by Crippen LogP contribution is 2.27. The van der Waals surface area contributed by atoms with Crippen molar-refractivity contribution < 1.29 is 0 Å². The first kappa shape index (κ1) is 7.00. The van der Waals surface area contributed by atoms with Crippen molar-refractivity contribution in [2.45, 2.75) is 26.3 Å². The maximum Gasteiger partial charge on any atom is 0.0424 e. The van der Waals surface area contributed by atoms with Crippen molar-refractivity contribution >= 4 is 11.9 Å². The van der Waals surface area contributed by atoms with Crippen LogP contribution in [-0.2, 0) is 0 Å². The molecule has 0 N–H and O–H groups in total. The minimum atomic E-state index is 0.289. The van der Waals surface area contributed by atoms with Crippen LogP contribution >= 0.6 is 11.9 Å². The van der Waals surface area contributed by atoms with Gasteiger partial charge in [0.05, 0.1) is 0 Å². The second-order valence-electron chi connectivity index (χ2n) is 3.18. The highest BCUT2D eigenvalue weighted by atomic mass is 32.2. The van der Waals surface area contributed by atoms with E-state index in [0.29, 0.717) is 0 Å². The molecule has 1 aliphatic heterocycles. The summed E-state index contributed by atoms with van der Waals surface area (Å²) in [6.45, 7) is 6.65. The highest BCUT2D eigenvalue weighted by Gasteiger charge is 2.19. The van der Waals surface area contributed by atoms with Gasteiger partial charge in [-0.3, -0.25) is 0 Å². The molecule has 0 unspecified atom stereocenters. The Morgan fingerprint density at radius 2 is 2.11 bits per heavy atom.